The van der Waals surface area contributed by atoms with Crippen molar-refractivity contribution in [2.45, 2.75) is 60.9 Å². The molecule has 214 valence electrons. The lowest BCUT2D eigenvalue weighted by atomic mass is 9.89. The van der Waals surface area contributed by atoms with Gasteiger partial charge < -0.3 is 14.6 Å². The molecule has 0 spiro atoms. The number of aliphatic hydroxyl groups is 1. The van der Waals surface area contributed by atoms with Gasteiger partial charge in [0.15, 0.2) is 0 Å². The fourth-order valence-corrected chi connectivity index (χ4v) is 1.92. The van der Waals surface area contributed by atoms with Crippen LogP contribution < -0.4 is 0 Å². The number of halogens is 16. The Morgan fingerprint density at radius 2 is 1.14 bits per heavy atom. The molecule has 1 atom stereocenters. The van der Waals surface area contributed by atoms with Crippen LogP contribution in [0, 0.1) is 0 Å². The Hall–Kier alpha value is -1.99. The highest BCUT2D eigenvalue weighted by atomic mass is 19.4. The number of carbonyl (C=O) groups is 1. The van der Waals surface area contributed by atoms with Crippen molar-refractivity contribution in [1.29, 1.82) is 0 Å². The predicted molar refractivity (Wildman–Crippen MR) is 83.2 cm³/mol. The van der Waals surface area contributed by atoms with E-state index in [9.17, 15) is 80.1 Å². The molecule has 0 fully saturated rings. The average Bonchev–Trinajstić information content (AvgIpc) is 2.70. The summed E-state index contributed by atoms with van der Waals surface area (Å²) >= 11 is 0. The Labute approximate surface area is 189 Å². The maximum absolute atomic E-state index is 13.6. The topological polar surface area (TPSA) is 55.8 Å². The molecule has 0 saturated heterocycles. The zero-order valence-corrected chi connectivity index (χ0v) is 17.2. The molecule has 0 saturated carbocycles. The zero-order chi connectivity index (χ0) is 29.3. The second-order valence-corrected chi connectivity index (χ2v) is 7.05. The highest BCUT2D eigenvalue weighted by Gasteiger charge is 2.93. The number of esters is 1. The van der Waals surface area contributed by atoms with Crippen molar-refractivity contribution in [2.24, 2.45) is 0 Å². The first-order valence-electron chi connectivity index (χ1n) is 8.68. The van der Waals surface area contributed by atoms with Gasteiger partial charge in [0.05, 0.1) is 6.61 Å². The van der Waals surface area contributed by atoms with Crippen molar-refractivity contribution in [2.75, 3.05) is 19.8 Å². The van der Waals surface area contributed by atoms with E-state index in [4.69, 9.17) is 0 Å². The van der Waals surface area contributed by atoms with Gasteiger partial charge in [0.1, 0.15) is 19.3 Å². The highest BCUT2D eigenvalue weighted by molar-refractivity contribution is 5.86. The molecule has 0 aromatic heterocycles. The molecule has 0 aliphatic heterocycles. The molecule has 0 heterocycles. The van der Waals surface area contributed by atoms with Crippen LogP contribution in [0.2, 0.25) is 0 Å². The van der Waals surface area contributed by atoms with Crippen LogP contribution in [0.5, 0.6) is 0 Å². The summed E-state index contributed by atoms with van der Waals surface area (Å²) in [5.41, 5.74) is -0.258. The first-order valence-corrected chi connectivity index (χ1v) is 8.68. The van der Waals surface area contributed by atoms with Crippen LogP contribution >= 0.6 is 0 Å². The van der Waals surface area contributed by atoms with E-state index >= 15 is 0 Å². The molecule has 0 bridgehead atoms. The third-order valence-electron chi connectivity index (χ3n) is 4.08. The maximum atomic E-state index is 13.6. The van der Waals surface area contributed by atoms with E-state index in [0.29, 0.717) is 0 Å². The van der Waals surface area contributed by atoms with Gasteiger partial charge in [-0.1, -0.05) is 6.58 Å². The predicted octanol–water partition coefficient (Wildman–Crippen LogP) is 5.20. The number of hydrogen-bond donors (Lipinski definition) is 1. The minimum absolute atomic E-state index is 0.258. The van der Waals surface area contributed by atoms with Crippen LogP contribution in [0.25, 0.3) is 0 Å². The average molecular weight is 574 g/mol. The molecule has 20 heteroatoms. The first-order chi connectivity index (χ1) is 15.7. The summed E-state index contributed by atoms with van der Waals surface area (Å²) in [5, 5.41) is 9.24. The van der Waals surface area contributed by atoms with E-state index in [1.807, 2.05) is 0 Å². The van der Waals surface area contributed by atoms with E-state index in [1.165, 1.54) is 0 Å². The van der Waals surface area contributed by atoms with Gasteiger partial charge >= 0.3 is 53.9 Å². The molecule has 0 aromatic rings. The monoisotopic (exact) mass is 574 g/mol. The van der Waals surface area contributed by atoms with Gasteiger partial charge in [-0.2, -0.15) is 61.5 Å². The Morgan fingerprint density at radius 3 is 1.53 bits per heavy atom. The normalized spacial score (nSPS) is 15.8. The fraction of sp³-hybridized carbons (Fsp3) is 0.812. The quantitative estimate of drug-likeness (QED) is 0.176. The molecule has 0 radical (unpaired) electrons. The van der Waals surface area contributed by atoms with Crippen LogP contribution in [-0.4, -0.2) is 84.9 Å². The minimum Gasteiger partial charge on any atom is -0.460 e. The molecule has 1 N–H and O–H groups in total. The molecule has 1 unspecified atom stereocenters. The molecular formula is C16H14F16O4. The van der Waals surface area contributed by atoms with Gasteiger partial charge in [-0.3, -0.25) is 0 Å². The van der Waals surface area contributed by atoms with E-state index in [0.717, 1.165) is 6.92 Å². The van der Waals surface area contributed by atoms with E-state index in [1.54, 1.807) is 0 Å². The molecule has 0 aliphatic rings. The van der Waals surface area contributed by atoms with Crippen molar-refractivity contribution in [3.63, 3.8) is 0 Å². The van der Waals surface area contributed by atoms with Gasteiger partial charge in [0, 0.05) is 5.57 Å². The second-order valence-electron chi connectivity index (χ2n) is 7.05. The van der Waals surface area contributed by atoms with Crippen molar-refractivity contribution in [3.05, 3.63) is 12.2 Å². The van der Waals surface area contributed by atoms with Crippen LogP contribution in [0.15, 0.2) is 12.2 Å². The Morgan fingerprint density at radius 1 is 0.750 bits per heavy atom. The molecule has 0 aromatic carbocycles. The Kier molecular flexibility index (Phi) is 9.83. The van der Waals surface area contributed by atoms with Crippen molar-refractivity contribution in [1.82, 2.24) is 0 Å². The van der Waals surface area contributed by atoms with E-state index in [-0.39, 0.29) is 5.57 Å². The zero-order valence-electron chi connectivity index (χ0n) is 17.2. The van der Waals surface area contributed by atoms with Crippen molar-refractivity contribution >= 4 is 5.97 Å². The van der Waals surface area contributed by atoms with Crippen LogP contribution in [-0.2, 0) is 14.3 Å². The summed E-state index contributed by atoms with van der Waals surface area (Å²) in [7, 11) is 0. The lowest BCUT2D eigenvalue weighted by Crippen LogP contribution is -2.74. The Balaban J connectivity index is 5.88. The largest absolute Gasteiger partial charge is 0.460 e. The van der Waals surface area contributed by atoms with Crippen molar-refractivity contribution in [3.8, 4) is 0 Å². The summed E-state index contributed by atoms with van der Waals surface area (Å²) in [6.07, 6.45) is -8.07. The van der Waals surface area contributed by atoms with Gasteiger partial charge in [-0.05, 0) is 6.92 Å². The maximum Gasteiger partial charge on any atom is 0.384 e. The molecule has 0 amide bonds. The fourth-order valence-electron chi connectivity index (χ4n) is 1.92. The van der Waals surface area contributed by atoms with Gasteiger partial charge in [0.25, 0.3) is 0 Å². The molecular weight excluding hydrogens is 560 g/mol. The summed E-state index contributed by atoms with van der Waals surface area (Å²) < 4.78 is 218. The molecule has 0 aliphatic carbocycles. The summed E-state index contributed by atoms with van der Waals surface area (Å²) in [4.78, 5) is 11.0. The second kappa shape index (κ2) is 10.4. The lowest BCUT2D eigenvalue weighted by Gasteiger charge is -2.42. The van der Waals surface area contributed by atoms with Crippen LogP contribution in [0.4, 0.5) is 70.2 Å². The van der Waals surface area contributed by atoms with Crippen LogP contribution in [0.1, 0.15) is 6.92 Å². The van der Waals surface area contributed by atoms with Gasteiger partial charge in [0.2, 0.25) is 0 Å². The lowest BCUT2D eigenvalue weighted by molar-refractivity contribution is -0.448. The van der Waals surface area contributed by atoms with Crippen LogP contribution in [0.3, 0.4) is 0 Å². The highest BCUT2D eigenvalue weighted by Crippen LogP contribution is 2.62. The molecule has 36 heavy (non-hydrogen) atoms. The standard InChI is InChI=1S/C16H14F16O4/c1-6(2)8(34)36-4-7(33)3-35-5-10(19,20)12(23,24)14(27,28)16(31,32)15(29,30)13(25,26)11(21,22)9(17)18/h7,9,33H,1,3-5H2,2H3. The van der Waals surface area contributed by atoms with Gasteiger partial charge in [-0.15, -0.1) is 0 Å². The summed E-state index contributed by atoms with van der Waals surface area (Å²) in [5.74, 6) is -56.5. The number of ether oxygens (including phenoxy) is 2. The number of alkyl halides is 16. The molecule has 0 rings (SSSR count). The summed E-state index contributed by atoms with van der Waals surface area (Å²) in [6, 6.07) is 0. The summed E-state index contributed by atoms with van der Waals surface area (Å²) in [6.45, 7) is -1.63. The SMILES string of the molecule is C=C(C)C(=O)OCC(O)COCC(F)(F)C(F)(F)C(F)(F)C(F)(F)C(F)(F)C(F)(F)C(F)(F)C(F)F. The third kappa shape index (κ3) is 5.62. The molecule has 4 nitrogen and oxygen atoms in total. The number of carbonyl (C=O) groups excluding carboxylic acids is 1. The van der Waals surface area contributed by atoms with Crippen molar-refractivity contribution < 1.29 is 89.6 Å². The number of aliphatic hydroxyl groups excluding tert-OH is 1. The number of hydrogen-bond acceptors (Lipinski definition) is 4. The Bertz CT molecular complexity index is 795. The van der Waals surface area contributed by atoms with E-state index < -0.39 is 79.8 Å². The van der Waals surface area contributed by atoms with Gasteiger partial charge in [-0.25, -0.2) is 13.6 Å². The van der Waals surface area contributed by atoms with E-state index in [2.05, 4.69) is 16.1 Å². The minimum atomic E-state index is -8.50. The smallest absolute Gasteiger partial charge is 0.384 e. The first kappa shape index (κ1) is 34.0. The third-order valence-corrected chi connectivity index (χ3v) is 4.08. The number of rotatable bonds is 14.